The molecule has 1 amide bonds. The Morgan fingerprint density at radius 1 is 1.21 bits per heavy atom. The highest BCUT2D eigenvalue weighted by molar-refractivity contribution is 7.89. The van der Waals surface area contributed by atoms with Crippen molar-refractivity contribution in [2.24, 2.45) is 0 Å². The molecular formula is C21H23N3O3S. The Morgan fingerprint density at radius 3 is 2.79 bits per heavy atom. The summed E-state index contributed by atoms with van der Waals surface area (Å²) in [5.41, 5.74) is 3.87. The number of aromatic amines is 1. The Morgan fingerprint density at radius 2 is 2.00 bits per heavy atom. The molecule has 146 valence electrons. The van der Waals surface area contributed by atoms with E-state index in [-0.39, 0.29) is 10.8 Å². The summed E-state index contributed by atoms with van der Waals surface area (Å²) in [5.74, 6) is -0.0230. The number of hydrogen-bond donors (Lipinski definition) is 1. The van der Waals surface area contributed by atoms with Crippen LogP contribution in [0.3, 0.4) is 0 Å². The number of carbonyl (C=O) groups excluding carboxylic acids is 1. The van der Waals surface area contributed by atoms with Crippen LogP contribution in [0.2, 0.25) is 0 Å². The number of carbonyl (C=O) groups is 1. The average Bonchev–Trinajstić information content (AvgIpc) is 3.29. The van der Waals surface area contributed by atoms with Crippen LogP contribution in [0.5, 0.6) is 0 Å². The second-order valence-electron chi connectivity index (χ2n) is 7.15. The summed E-state index contributed by atoms with van der Waals surface area (Å²) in [6.07, 6.45) is 3.25. The minimum absolute atomic E-state index is 0.0230. The molecule has 1 aliphatic rings. The molecule has 0 fully saturated rings. The fourth-order valence-corrected chi connectivity index (χ4v) is 5.00. The third kappa shape index (κ3) is 3.21. The second kappa shape index (κ2) is 7.07. The Kier molecular flexibility index (Phi) is 4.72. The van der Waals surface area contributed by atoms with Crippen LogP contribution in [-0.2, 0) is 27.7 Å². The van der Waals surface area contributed by atoms with Crippen molar-refractivity contribution < 1.29 is 13.2 Å². The molecule has 0 saturated carbocycles. The van der Waals surface area contributed by atoms with E-state index < -0.39 is 10.0 Å². The van der Waals surface area contributed by atoms with E-state index in [9.17, 15) is 13.2 Å². The molecular weight excluding hydrogens is 374 g/mol. The normalized spacial score (nSPS) is 14.0. The number of sulfonamides is 1. The van der Waals surface area contributed by atoms with Gasteiger partial charge < -0.3 is 9.88 Å². The van der Waals surface area contributed by atoms with Gasteiger partial charge in [0, 0.05) is 49.8 Å². The number of benzene rings is 2. The summed E-state index contributed by atoms with van der Waals surface area (Å²) in [5, 5.41) is 1.12. The minimum Gasteiger partial charge on any atom is -0.361 e. The van der Waals surface area contributed by atoms with Crippen LogP contribution in [0.1, 0.15) is 18.1 Å². The lowest BCUT2D eigenvalue weighted by Gasteiger charge is -2.18. The van der Waals surface area contributed by atoms with Gasteiger partial charge in [0.2, 0.25) is 15.9 Å². The van der Waals surface area contributed by atoms with Gasteiger partial charge in [-0.05, 0) is 48.2 Å². The summed E-state index contributed by atoms with van der Waals surface area (Å²) in [6, 6.07) is 13.0. The summed E-state index contributed by atoms with van der Waals surface area (Å²) in [7, 11) is -1.97. The number of amides is 1. The van der Waals surface area contributed by atoms with Crippen molar-refractivity contribution in [3.05, 3.63) is 59.8 Å². The van der Waals surface area contributed by atoms with Gasteiger partial charge in [-0.3, -0.25) is 4.79 Å². The molecule has 0 saturated heterocycles. The fourth-order valence-electron chi connectivity index (χ4n) is 3.78. The molecule has 4 rings (SSSR count). The SMILES string of the molecule is CC(=O)N1CCc2cc(S(=O)(=O)N(C)CCc3c[nH]c4ccccc34)ccc21. The molecule has 1 aromatic heterocycles. The predicted octanol–water partition coefficient (Wildman–Crippen LogP) is 2.94. The number of fused-ring (bicyclic) bond motifs is 2. The van der Waals surface area contributed by atoms with Crippen molar-refractivity contribution >= 4 is 32.5 Å². The molecule has 7 heteroatoms. The molecule has 2 aromatic carbocycles. The number of aromatic nitrogens is 1. The van der Waals surface area contributed by atoms with E-state index in [0.717, 1.165) is 27.7 Å². The summed E-state index contributed by atoms with van der Waals surface area (Å²) in [6.45, 7) is 2.52. The number of hydrogen-bond acceptors (Lipinski definition) is 3. The molecule has 0 spiro atoms. The number of likely N-dealkylation sites (N-methyl/N-ethyl adjacent to an activating group) is 1. The van der Waals surface area contributed by atoms with E-state index in [0.29, 0.717) is 25.9 Å². The number of nitrogens with zero attached hydrogens (tertiary/aromatic N) is 2. The highest BCUT2D eigenvalue weighted by Gasteiger charge is 2.26. The average molecular weight is 398 g/mol. The first-order valence-corrected chi connectivity index (χ1v) is 10.7. The number of rotatable bonds is 5. The van der Waals surface area contributed by atoms with Crippen LogP contribution < -0.4 is 4.90 Å². The third-order valence-electron chi connectivity index (χ3n) is 5.41. The monoisotopic (exact) mass is 397 g/mol. The lowest BCUT2D eigenvalue weighted by Crippen LogP contribution is -2.29. The van der Waals surface area contributed by atoms with Crippen LogP contribution in [0.4, 0.5) is 5.69 Å². The third-order valence-corrected chi connectivity index (χ3v) is 7.26. The van der Waals surface area contributed by atoms with Gasteiger partial charge in [0.05, 0.1) is 4.90 Å². The van der Waals surface area contributed by atoms with E-state index in [1.54, 1.807) is 30.1 Å². The Hall–Kier alpha value is -2.64. The number of H-pyrrole nitrogens is 1. The Balaban J connectivity index is 1.52. The van der Waals surface area contributed by atoms with Gasteiger partial charge in [-0.1, -0.05) is 18.2 Å². The Bertz CT molecular complexity index is 1150. The number of para-hydroxylation sites is 1. The zero-order valence-corrected chi connectivity index (χ0v) is 16.8. The lowest BCUT2D eigenvalue weighted by atomic mass is 10.1. The van der Waals surface area contributed by atoms with Crippen molar-refractivity contribution in [2.45, 2.75) is 24.7 Å². The van der Waals surface area contributed by atoms with E-state index in [1.807, 2.05) is 30.5 Å². The van der Waals surface area contributed by atoms with E-state index in [4.69, 9.17) is 0 Å². The van der Waals surface area contributed by atoms with Gasteiger partial charge in [0.25, 0.3) is 0 Å². The molecule has 3 aromatic rings. The maximum absolute atomic E-state index is 13.0. The van der Waals surface area contributed by atoms with E-state index in [2.05, 4.69) is 4.98 Å². The molecule has 0 radical (unpaired) electrons. The quantitative estimate of drug-likeness (QED) is 0.719. The standard InChI is InChI=1S/C21H23N3O3S/c1-15(25)24-12-10-16-13-18(7-8-21(16)24)28(26,27)23(2)11-9-17-14-22-20-6-4-3-5-19(17)20/h3-8,13-14,22H,9-12H2,1-2H3. The first kappa shape index (κ1) is 18.7. The van der Waals surface area contributed by atoms with Gasteiger partial charge in [0.1, 0.15) is 0 Å². The van der Waals surface area contributed by atoms with Crippen LogP contribution >= 0.6 is 0 Å². The van der Waals surface area contributed by atoms with E-state index in [1.165, 1.54) is 11.2 Å². The predicted molar refractivity (Wildman–Crippen MR) is 110 cm³/mol. The Labute approximate surface area is 164 Å². The van der Waals surface area contributed by atoms with Crippen molar-refractivity contribution in [2.75, 3.05) is 25.0 Å². The van der Waals surface area contributed by atoms with Crippen molar-refractivity contribution in [3.8, 4) is 0 Å². The maximum Gasteiger partial charge on any atom is 0.242 e. The molecule has 0 unspecified atom stereocenters. The molecule has 1 aliphatic heterocycles. The molecule has 0 aliphatic carbocycles. The molecule has 1 N–H and O–H groups in total. The zero-order valence-electron chi connectivity index (χ0n) is 16.0. The molecule has 0 bridgehead atoms. The van der Waals surface area contributed by atoms with Gasteiger partial charge >= 0.3 is 0 Å². The summed E-state index contributed by atoms with van der Waals surface area (Å²) < 4.78 is 27.4. The van der Waals surface area contributed by atoms with E-state index >= 15 is 0 Å². The molecule has 6 nitrogen and oxygen atoms in total. The minimum atomic E-state index is -3.59. The first-order valence-electron chi connectivity index (χ1n) is 9.30. The van der Waals surface area contributed by atoms with Crippen LogP contribution in [-0.4, -0.2) is 43.8 Å². The summed E-state index contributed by atoms with van der Waals surface area (Å²) in [4.78, 5) is 16.9. The highest BCUT2D eigenvalue weighted by Crippen LogP contribution is 2.31. The number of nitrogens with one attached hydrogen (secondary N) is 1. The zero-order chi connectivity index (χ0) is 19.9. The highest BCUT2D eigenvalue weighted by atomic mass is 32.2. The van der Waals surface area contributed by atoms with Crippen LogP contribution in [0, 0.1) is 0 Å². The van der Waals surface area contributed by atoms with Crippen LogP contribution in [0.15, 0.2) is 53.6 Å². The van der Waals surface area contributed by atoms with Gasteiger partial charge in [-0.2, -0.15) is 0 Å². The molecule has 28 heavy (non-hydrogen) atoms. The first-order chi connectivity index (χ1) is 13.4. The van der Waals surface area contributed by atoms with Crippen molar-refractivity contribution in [1.29, 1.82) is 0 Å². The molecule has 2 heterocycles. The van der Waals surface area contributed by atoms with Gasteiger partial charge in [0.15, 0.2) is 0 Å². The number of anilines is 1. The summed E-state index contributed by atoms with van der Waals surface area (Å²) >= 11 is 0. The smallest absolute Gasteiger partial charge is 0.242 e. The van der Waals surface area contributed by atoms with Crippen molar-refractivity contribution in [3.63, 3.8) is 0 Å². The maximum atomic E-state index is 13.0. The fraction of sp³-hybridized carbons (Fsp3) is 0.286. The van der Waals surface area contributed by atoms with Crippen LogP contribution in [0.25, 0.3) is 10.9 Å². The second-order valence-corrected chi connectivity index (χ2v) is 9.19. The topological polar surface area (TPSA) is 73.5 Å². The van der Waals surface area contributed by atoms with Gasteiger partial charge in [-0.15, -0.1) is 0 Å². The molecule has 0 atom stereocenters. The van der Waals surface area contributed by atoms with Crippen molar-refractivity contribution in [1.82, 2.24) is 9.29 Å². The largest absolute Gasteiger partial charge is 0.361 e. The van der Waals surface area contributed by atoms with Gasteiger partial charge in [-0.25, -0.2) is 12.7 Å². The lowest BCUT2D eigenvalue weighted by molar-refractivity contribution is -0.116.